The van der Waals surface area contributed by atoms with Gasteiger partial charge < -0.3 is 10.1 Å². The van der Waals surface area contributed by atoms with E-state index in [2.05, 4.69) is 15.0 Å². The maximum absolute atomic E-state index is 12.7. The molecule has 3 rings (SSSR count). The van der Waals surface area contributed by atoms with Gasteiger partial charge in [0.1, 0.15) is 11.3 Å². The second-order valence-corrected chi connectivity index (χ2v) is 8.24. The lowest BCUT2D eigenvalue weighted by Crippen LogP contribution is -2.30. The van der Waals surface area contributed by atoms with Gasteiger partial charge in [-0.2, -0.15) is 0 Å². The molecule has 7 nitrogen and oxygen atoms in total. The smallest absolute Gasteiger partial charge is 0.261 e. The summed E-state index contributed by atoms with van der Waals surface area (Å²) in [7, 11) is -3.59. The fourth-order valence-electron chi connectivity index (χ4n) is 2.54. The molecule has 0 unspecified atom stereocenters. The highest BCUT2D eigenvalue weighted by molar-refractivity contribution is 7.89. The first kappa shape index (κ1) is 20.5. The maximum atomic E-state index is 12.7. The van der Waals surface area contributed by atoms with Crippen molar-refractivity contribution in [1.82, 2.24) is 9.71 Å². The third-order valence-corrected chi connectivity index (χ3v) is 5.46. The summed E-state index contributed by atoms with van der Waals surface area (Å²) in [6.07, 6.45) is 1.54. The number of hydrogen-bond donors (Lipinski definition) is 2. The van der Waals surface area contributed by atoms with Gasteiger partial charge in [0.15, 0.2) is 0 Å². The van der Waals surface area contributed by atoms with Gasteiger partial charge in [-0.25, -0.2) is 18.1 Å². The second-order valence-electron chi connectivity index (χ2n) is 6.53. The van der Waals surface area contributed by atoms with Crippen molar-refractivity contribution in [3.8, 4) is 11.6 Å². The number of carbonyl (C=O) groups excluding carboxylic acids is 1. The number of pyridine rings is 1. The molecule has 0 saturated heterocycles. The molecule has 1 heterocycles. The van der Waals surface area contributed by atoms with Crippen LogP contribution in [0.5, 0.6) is 11.6 Å². The minimum atomic E-state index is -3.59. The summed E-state index contributed by atoms with van der Waals surface area (Å²) in [5, 5.41) is 2.73. The SMILES string of the molecule is CC(C)NS(=O)(=O)c1ccc(NC(=O)c2cccnc2Oc2ccccc2)cc1. The number of carbonyl (C=O) groups is 1. The Hall–Kier alpha value is -3.23. The Kier molecular flexibility index (Phi) is 6.26. The number of para-hydroxylation sites is 1. The number of amides is 1. The van der Waals surface area contributed by atoms with Crippen molar-refractivity contribution < 1.29 is 17.9 Å². The third kappa shape index (κ3) is 5.40. The van der Waals surface area contributed by atoms with Gasteiger partial charge in [0.25, 0.3) is 5.91 Å². The minimum absolute atomic E-state index is 0.124. The molecule has 0 spiro atoms. The molecule has 0 radical (unpaired) electrons. The molecule has 0 aliphatic rings. The molecule has 0 atom stereocenters. The van der Waals surface area contributed by atoms with Crippen molar-refractivity contribution in [3.63, 3.8) is 0 Å². The van der Waals surface area contributed by atoms with E-state index in [4.69, 9.17) is 4.74 Å². The Morgan fingerprint density at radius 1 is 0.966 bits per heavy atom. The number of sulfonamides is 1. The highest BCUT2D eigenvalue weighted by atomic mass is 32.2. The number of nitrogens with one attached hydrogen (secondary N) is 2. The van der Waals surface area contributed by atoms with Crippen LogP contribution in [0.2, 0.25) is 0 Å². The molecule has 0 saturated carbocycles. The molecule has 0 aliphatic carbocycles. The Balaban J connectivity index is 1.76. The van der Waals surface area contributed by atoms with Gasteiger partial charge >= 0.3 is 0 Å². The van der Waals surface area contributed by atoms with Crippen LogP contribution in [0.1, 0.15) is 24.2 Å². The zero-order valence-corrected chi connectivity index (χ0v) is 16.8. The Bertz CT molecular complexity index is 1080. The van der Waals surface area contributed by atoms with Crippen molar-refractivity contribution in [2.45, 2.75) is 24.8 Å². The first-order valence-corrected chi connectivity index (χ1v) is 10.4. The molecule has 1 amide bonds. The summed E-state index contributed by atoms with van der Waals surface area (Å²) in [5.74, 6) is 0.323. The van der Waals surface area contributed by atoms with E-state index in [0.29, 0.717) is 11.4 Å². The van der Waals surface area contributed by atoms with Crippen molar-refractivity contribution in [3.05, 3.63) is 78.5 Å². The van der Waals surface area contributed by atoms with Crippen LogP contribution in [0.3, 0.4) is 0 Å². The molecule has 8 heteroatoms. The van der Waals surface area contributed by atoms with Gasteiger partial charge in [-0.3, -0.25) is 4.79 Å². The zero-order valence-electron chi connectivity index (χ0n) is 16.0. The lowest BCUT2D eigenvalue weighted by atomic mass is 10.2. The quantitative estimate of drug-likeness (QED) is 0.616. The van der Waals surface area contributed by atoms with E-state index in [9.17, 15) is 13.2 Å². The summed E-state index contributed by atoms with van der Waals surface area (Å²) in [6, 6.07) is 18.0. The van der Waals surface area contributed by atoms with Crippen molar-refractivity contribution in [2.75, 3.05) is 5.32 Å². The van der Waals surface area contributed by atoms with Crippen LogP contribution in [0.15, 0.2) is 77.8 Å². The fraction of sp³-hybridized carbons (Fsp3) is 0.143. The molecular formula is C21H21N3O4S. The van der Waals surface area contributed by atoms with Crippen molar-refractivity contribution in [2.24, 2.45) is 0 Å². The van der Waals surface area contributed by atoms with E-state index < -0.39 is 15.9 Å². The lowest BCUT2D eigenvalue weighted by Gasteiger charge is -2.12. The number of aromatic nitrogens is 1. The summed E-state index contributed by atoms with van der Waals surface area (Å²) in [4.78, 5) is 17.0. The number of benzene rings is 2. The minimum Gasteiger partial charge on any atom is -0.438 e. The van der Waals surface area contributed by atoms with Crippen LogP contribution < -0.4 is 14.8 Å². The van der Waals surface area contributed by atoms with E-state index in [1.807, 2.05) is 18.2 Å². The second kappa shape index (κ2) is 8.85. The first-order chi connectivity index (χ1) is 13.8. The molecule has 29 heavy (non-hydrogen) atoms. The summed E-state index contributed by atoms with van der Waals surface area (Å²) >= 11 is 0. The monoisotopic (exact) mass is 411 g/mol. The first-order valence-electron chi connectivity index (χ1n) is 8.97. The van der Waals surface area contributed by atoms with Gasteiger partial charge in [0.05, 0.1) is 4.90 Å². The summed E-state index contributed by atoms with van der Waals surface area (Å²) < 4.78 is 32.6. The van der Waals surface area contributed by atoms with Crippen LogP contribution in [-0.2, 0) is 10.0 Å². The van der Waals surface area contributed by atoms with Crippen LogP contribution in [-0.4, -0.2) is 25.4 Å². The predicted octanol–water partition coefficient (Wildman–Crippen LogP) is 3.81. The van der Waals surface area contributed by atoms with E-state index in [1.165, 1.54) is 30.5 Å². The molecule has 2 N–H and O–H groups in total. The Morgan fingerprint density at radius 2 is 1.66 bits per heavy atom. The van der Waals surface area contributed by atoms with E-state index in [-0.39, 0.29) is 22.4 Å². The number of ether oxygens (including phenoxy) is 1. The molecule has 2 aromatic carbocycles. The van der Waals surface area contributed by atoms with Crippen LogP contribution in [0, 0.1) is 0 Å². The number of anilines is 1. The van der Waals surface area contributed by atoms with Crippen LogP contribution >= 0.6 is 0 Å². The molecular weight excluding hydrogens is 390 g/mol. The standard InChI is InChI=1S/C21H21N3O4S/c1-15(2)24-29(26,27)18-12-10-16(11-13-18)23-20(25)19-9-6-14-22-21(19)28-17-7-4-3-5-8-17/h3-15,24H,1-2H3,(H,23,25). The van der Waals surface area contributed by atoms with E-state index in [0.717, 1.165) is 0 Å². The normalized spacial score (nSPS) is 11.3. The highest BCUT2D eigenvalue weighted by Crippen LogP contribution is 2.23. The van der Waals surface area contributed by atoms with Gasteiger partial charge in [-0.15, -0.1) is 0 Å². The van der Waals surface area contributed by atoms with Gasteiger partial charge in [0, 0.05) is 17.9 Å². The maximum Gasteiger partial charge on any atom is 0.261 e. The van der Waals surface area contributed by atoms with Gasteiger partial charge in [0.2, 0.25) is 15.9 Å². The van der Waals surface area contributed by atoms with Gasteiger partial charge in [-0.1, -0.05) is 18.2 Å². The van der Waals surface area contributed by atoms with E-state index >= 15 is 0 Å². The Labute approximate surface area is 169 Å². The molecule has 1 aromatic heterocycles. The van der Waals surface area contributed by atoms with Crippen molar-refractivity contribution in [1.29, 1.82) is 0 Å². The average molecular weight is 411 g/mol. The molecule has 3 aromatic rings. The largest absolute Gasteiger partial charge is 0.438 e. The number of rotatable bonds is 7. The molecule has 150 valence electrons. The lowest BCUT2D eigenvalue weighted by molar-refractivity contribution is 0.102. The Morgan fingerprint density at radius 3 is 2.31 bits per heavy atom. The number of nitrogens with zero attached hydrogens (tertiary/aromatic N) is 1. The molecule has 0 bridgehead atoms. The van der Waals surface area contributed by atoms with Crippen molar-refractivity contribution >= 4 is 21.6 Å². The molecule has 0 aliphatic heterocycles. The van der Waals surface area contributed by atoms with Crippen LogP contribution in [0.4, 0.5) is 5.69 Å². The highest BCUT2D eigenvalue weighted by Gasteiger charge is 2.17. The topological polar surface area (TPSA) is 97.4 Å². The summed E-state index contributed by atoms with van der Waals surface area (Å²) in [5.41, 5.74) is 0.711. The fourth-order valence-corrected chi connectivity index (χ4v) is 3.79. The third-order valence-electron chi connectivity index (χ3n) is 3.79. The molecule has 0 fully saturated rings. The van der Waals surface area contributed by atoms with Crippen LogP contribution in [0.25, 0.3) is 0 Å². The summed E-state index contributed by atoms with van der Waals surface area (Å²) in [6.45, 7) is 3.49. The number of hydrogen-bond acceptors (Lipinski definition) is 5. The average Bonchev–Trinajstić information content (AvgIpc) is 2.68. The zero-order chi connectivity index (χ0) is 20.9. The van der Waals surface area contributed by atoms with Gasteiger partial charge in [-0.05, 0) is 62.4 Å². The van der Waals surface area contributed by atoms with E-state index in [1.54, 1.807) is 38.1 Å². The predicted molar refractivity (Wildman–Crippen MR) is 111 cm³/mol.